The first-order chi connectivity index (χ1) is 14.9. The van der Waals surface area contributed by atoms with Gasteiger partial charge in [-0.05, 0) is 114 Å². The quantitative estimate of drug-likeness (QED) is 0.281. The van der Waals surface area contributed by atoms with Gasteiger partial charge >= 0.3 is 0 Å². The van der Waals surface area contributed by atoms with Crippen molar-refractivity contribution >= 4 is 47.8 Å². The molecule has 4 saturated carbocycles. The van der Waals surface area contributed by atoms with E-state index in [2.05, 4.69) is 121 Å². The van der Waals surface area contributed by atoms with Crippen molar-refractivity contribution in [2.24, 2.45) is 5.92 Å². The third kappa shape index (κ3) is 3.33. The van der Waals surface area contributed by atoms with E-state index in [1.165, 1.54) is 51.9 Å². The second-order valence-electron chi connectivity index (χ2n) is 10.4. The lowest BCUT2D eigenvalue weighted by Crippen LogP contribution is -2.61. The molecule has 4 bridgehead atoms. The summed E-state index contributed by atoms with van der Waals surface area (Å²) in [7, 11) is 0. The molecule has 4 fully saturated rings. The van der Waals surface area contributed by atoms with Gasteiger partial charge in [-0.3, -0.25) is 0 Å². The van der Waals surface area contributed by atoms with E-state index in [9.17, 15) is 0 Å². The molecule has 3 heteroatoms. The second kappa shape index (κ2) is 7.30. The van der Waals surface area contributed by atoms with Crippen molar-refractivity contribution in [2.75, 3.05) is 0 Å². The summed E-state index contributed by atoms with van der Waals surface area (Å²) in [5.41, 5.74) is 5.43. The van der Waals surface area contributed by atoms with E-state index in [1.54, 1.807) is 16.7 Å². The highest BCUT2D eigenvalue weighted by atomic mass is 79.9. The van der Waals surface area contributed by atoms with Crippen LogP contribution in [0.15, 0.2) is 86.2 Å². The van der Waals surface area contributed by atoms with Crippen LogP contribution in [-0.2, 0) is 16.2 Å². The van der Waals surface area contributed by atoms with Gasteiger partial charge in [0.25, 0.3) is 0 Å². The van der Waals surface area contributed by atoms with Gasteiger partial charge in [0.15, 0.2) is 0 Å². The lowest BCUT2D eigenvalue weighted by Gasteiger charge is -2.67. The summed E-state index contributed by atoms with van der Waals surface area (Å²) in [6, 6.07) is 27.8. The number of benzene rings is 3. The zero-order valence-corrected chi connectivity index (χ0v) is 22.1. The molecule has 0 aliphatic heterocycles. The van der Waals surface area contributed by atoms with Crippen molar-refractivity contribution in [1.82, 2.24) is 0 Å². The molecule has 4 aliphatic rings. The zero-order valence-electron chi connectivity index (χ0n) is 17.4. The summed E-state index contributed by atoms with van der Waals surface area (Å²) < 4.78 is 3.52. The molecule has 0 nitrogen and oxygen atoms in total. The number of hydrogen-bond donors (Lipinski definition) is 0. The Morgan fingerprint density at radius 2 is 0.710 bits per heavy atom. The first kappa shape index (κ1) is 20.7. The molecule has 0 amide bonds. The second-order valence-corrected chi connectivity index (χ2v) is 13.1. The van der Waals surface area contributed by atoms with Crippen LogP contribution in [0.2, 0.25) is 0 Å². The van der Waals surface area contributed by atoms with Crippen LogP contribution in [0.25, 0.3) is 0 Å². The van der Waals surface area contributed by atoms with E-state index < -0.39 is 0 Å². The highest BCUT2D eigenvalue weighted by Gasteiger charge is 2.64. The van der Waals surface area contributed by atoms with Crippen LogP contribution in [0.5, 0.6) is 0 Å². The molecule has 158 valence electrons. The van der Waals surface area contributed by atoms with E-state index in [-0.39, 0.29) is 16.2 Å². The van der Waals surface area contributed by atoms with E-state index in [0.717, 1.165) is 5.92 Å². The Hall–Kier alpha value is -0.900. The van der Waals surface area contributed by atoms with Crippen molar-refractivity contribution in [1.29, 1.82) is 0 Å². The molecule has 3 aromatic rings. The van der Waals surface area contributed by atoms with Crippen LogP contribution in [-0.4, -0.2) is 0 Å². The van der Waals surface area contributed by atoms with Crippen molar-refractivity contribution in [2.45, 2.75) is 54.8 Å². The van der Waals surface area contributed by atoms with Crippen molar-refractivity contribution in [3.63, 3.8) is 0 Å². The lowest BCUT2D eigenvalue weighted by atomic mass is 9.36. The van der Waals surface area contributed by atoms with Gasteiger partial charge in [-0.15, -0.1) is 0 Å². The summed E-state index contributed by atoms with van der Waals surface area (Å²) in [4.78, 5) is 0. The van der Waals surface area contributed by atoms with Crippen LogP contribution in [0, 0.1) is 5.92 Å². The molecule has 7 rings (SSSR count). The summed E-state index contributed by atoms with van der Waals surface area (Å²) in [6.45, 7) is 0. The third-order valence-corrected chi connectivity index (χ3v) is 10.0. The Bertz CT molecular complexity index is 960. The molecule has 31 heavy (non-hydrogen) atoms. The molecular weight excluding hydrogens is 576 g/mol. The maximum atomic E-state index is 3.65. The molecule has 4 aliphatic carbocycles. The number of halogens is 3. The first-order valence-corrected chi connectivity index (χ1v) is 13.6. The van der Waals surface area contributed by atoms with Gasteiger partial charge in [0.05, 0.1) is 0 Å². The van der Waals surface area contributed by atoms with E-state index in [0.29, 0.717) is 0 Å². The van der Waals surface area contributed by atoms with E-state index in [1.807, 2.05) is 0 Å². The maximum absolute atomic E-state index is 3.65. The molecule has 0 N–H and O–H groups in total. The van der Waals surface area contributed by atoms with Crippen LogP contribution < -0.4 is 0 Å². The van der Waals surface area contributed by atoms with Gasteiger partial charge < -0.3 is 0 Å². The number of rotatable bonds is 3. The Balaban J connectivity index is 1.54. The van der Waals surface area contributed by atoms with E-state index in [4.69, 9.17) is 0 Å². The molecule has 3 aromatic carbocycles. The zero-order chi connectivity index (χ0) is 21.3. The van der Waals surface area contributed by atoms with Crippen LogP contribution in [0.1, 0.15) is 55.2 Å². The van der Waals surface area contributed by atoms with Crippen LogP contribution in [0.4, 0.5) is 0 Å². The Morgan fingerprint density at radius 1 is 0.452 bits per heavy atom. The number of hydrogen-bond acceptors (Lipinski definition) is 0. The summed E-state index contributed by atoms with van der Waals surface area (Å²) in [5.74, 6) is 0.784. The van der Waals surface area contributed by atoms with Gasteiger partial charge in [0, 0.05) is 13.4 Å². The fraction of sp³-hybridized carbons (Fsp3) is 0.357. The standard InChI is InChI=1S/C28H25Br3/c29-23-7-1-20(2-8-23)26-13-19-14-27(16-26,21-3-9-24(30)10-4-21)18-28(15-19,17-26)22-5-11-25(31)12-6-22/h1-12,19H,13-18H2. The van der Waals surface area contributed by atoms with Crippen LogP contribution >= 0.6 is 47.8 Å². The molecule has 0 spiro atoms. The first-order valence-electron chi connectivity index (χ1n) is 11.2. The molecular formula is C28H25Br3. The summed E-state index contributed by atoms with van der Waals surface area (Å²) in [6.07, 6.45) is 7.84. The minimum atomic E-state index is 0.264. The van der Waals surface area contributed by atoms with E-state index >= 15 is 0 Å². The topological polar surface area (TPSA) is 0 Å². The largest absolute Gasteiger partial charge is 0.0574 e. The molecule has 0 atom stereocenters. The fourth-order valence-electron chi connectivity index (χ4n) is 7.81. The molecule has 0 saturated heterocycles. The predicted molar refractivity (Wildman–Crippen MR) is 139 cm³/mol. The third-order valence-electron chi connectivity index (χ3n) is 8.44. The monoisotopic (exact) mass is 598 g/mol. The van der Waals surface area contributed by atoms with Gasteiger partial charge in [-0.25, -0.2) is 0 Å². The van der Waals surface area contributed by atoms with Gasteiger partial charge in [-0.1, -0.05) is 84.2 Å². The average Bonchev–Trinajstić information content (AvgIpc) is 2.74. The summed E-state index contributed by atoms with van der Waals surface area (Å²) in [5, 5.41) is 0. The van der Waals surface area contributed by atoms with Crippen molar-refractivity contribution in [3.8, 4) is 0 Å². The van der Waals surface area contributed by atoms with Crippen molar-refractivity contribution < 1.29 is 0 Å². The molecule has 0 heterocycles. The summed E-state index contributed by atoms with van der Waals surface area (Å²) >= 11 is 11.0. The fourth-order valence-corrected chi connectivity index (χ4v) is 8.61. The normalized spacial score (nSPS) is 33.6. The highest BCUT2D eigenvalue weighted by Crippen LogP contribution is 2.70. The highest BCUT2D eigenvalue weighted by molar-refractivity contribution is 9.11. The molecule has 0 radical (unpaired) electrons. The minimum Gasteiger partial charge on any atom is -0.0574 e. The molecule has 0 unspecified atom stereocenters. The maximum Gasteiger partial charge on any atom is 0.0175 e. The smallest absolute Gasteiger partial charge is 0.0175 e. The Labute approximate surface area is 210 Å². The van der Waals surface area contributed by atoms with Gasteiger partial charge in [-0.2, -0.15) is 0 Å². The van der Waals surface area contributed by atoms with Gasteiger partial charge in [0.1, 0.15) is 0 Å². The van der Waals surface area contributed by atoms with Gasteiger partial charge in [0.2, 0.25) is 0 Å². The SMILES string of the molecule is Brc1ccc(C23CC4CC(c5ccc(Br)cc5)(C2)CC(c2ccc(Br)cc2)(C4)C3)cc1. The lowest BCUT2D eigenvalue weighted by molar-refractivity contribution is -0.0493. The Morgan fingerprint density at radius 3 is 0.968 bits per heavy atom. The Kier molecular flexibility index (Phi) is 4.87. The minimum absolute atomic E-state index is 0.264. The predicted octanol–water partition coefficient (Wildman–Crippen LogP) is 9.09. The van der Waals surface area contributed by atoms with Crippen molar-refractivity contribution in [3.05, 3.63) is 103 Å². The molecule has 0 aromatic heterocycles. The average molecular weight is 601 g/mol. The van der Waals surface area contributed by atoms with Crippen LogP contribution in [0.3, 0.4) is 0 Å².